The van der Waals surface area contributed by atoms with Gasteiger partial charge in [0.05, 0.1) is 6.61 Å². The van der Waals surface area contributed by atoms with Crippen molar-refractivity contribution in [2.45, 2.75) is 34.1 Å². The molecule has 176 valence electrons. The number of benzene rings is 3. The van der Waals surface area contributed by atoms with E-state index in [4.69, 9.17) is 4.74 Å². The summed E-state index contributed by atoms with van der Waals surface area (Å²) >= 11 is 0. The Kier molecular flexibility index (Phi) is 7.09. The summed E-state index contributed by atoms with van der Waals surface area (Å²) in [6.07, 6.45) is 3.75. The largest absolute Gasteiger partial charge is 0.493 e. The van der Waals surface area contributed by atoms with Gasteiger partial charge in [0.1, 0.15) is 12.9 Å². The molecule has 0 aromatic heterocycles. The maximum absolute atomic E-state index is 13.2. The summed E-state index contributed by atoms with van der Waals surface area (Å²) in [5.74, 6) is 0.649. The number of nitrogens with one attached hydrogen (secondary N) is 1. The van der Waals surface area contributed by atoms with Crippen LogP contribution in [0.15, 0.2) is 66.2 Å². The Morgan fingerprint density at radius 1 is 0.941 bits per heavy atom. The van der Waals surface area contributed by atoms with Gasteiger partial charge in [-0.25, -0.2) is 0 Å². The average molecular weight is 474 g/mol. The monoisotopic (exact) mass is 473 g/mol. The third-order valence-electron chi connectivity index (χ3n) is 6.60. The van der Waals surface area contributed by atoms with Crippen molar-refractivity contribution in [1.82, 2.24) is 0 Å². The van der Waals surface area contributed by atoms with Crippen molar-refractivity contribution in [3.8, 4) is 16.9 Å². The molecule has 0 radical (unpaired) electrons. The van der Waals surface area contributed by atoms with E-state index in [0.717, 1.165) is 39.0 Å². The van der Waals surface area contributed by atoms with E-state index in [1.807, 2.05) is 51.1 Å². The molecule has 1 heterocycles. The molecule has 34 heavy (non-hydrogen) atoms. The summed E-state index contributed by atoms with van der Waals surface area (Å²) < 4.78 is 19.0. The van der Waals surface area contributed by atoms with Crippen LogP contribution in [0.3, 0.4) is 0 Å². The Morgan fingerprint density at radius 3 is 2.32 bits per heavy atom. The minimum atomic E-state index is -2.36. The number of amides is 1. The molecule has 0 saturated heterocycles. The van der Waals surface area contributed by atoms with Crippen molar-refractivity contribution in [1.29, 1.82) is 0 Å². The number of ether oxygens (including phenoxy) is 1. The number of aryl methyl sites for hydroxylation is 2. The van der Waals surface area contributed by atoms with E-state index in [2.05, 4.69) is 48.6 Å². The second-order valence-corrected chi connectivity index (χ2v) is 12.4. The number of hydrogen-bond donors (Lipinski definition) is 1. The van der Waals surface area contributed by atoms with Crippen LogP contribution >= 0.6 is 7.14 Å². The Hall–Kier alpha value is -3.10. The highest BCUT2D eigenvalue weighted by molar-refractivity contribution is 7.71. The molecular weight excluding hydrogens is 441 g/mol. The second kappa shape index (κ2) is 10.0. The topological polar surface area (TPSA) is 55.4 Å². The lowest BCUT2D eigenvalue weighted by atomic mass is 10.00. The van der Waals surface area contributed by atoms with Gasteiger partial charge in [0.15, 0.2) is 0 Å². The summed E-state index contributed by atoms with van der Waals surface area (Å²) in [6.45, 7) is 8.41. The first kappa shape index (κ1) is 24.0. The van der Waals surface area contributed by atoms with Gasteiger partial charge in [0.25, 0.3) is 5.91 Å². The predicted octanol–water partition coefficient (Wildman–Crippen LogP) is 6.80. The molecule has 3 aromatic rings. The zero-order chi connectivity index (χ0) is 24.3. The van der Waals surface area contributed by atoms with Crippen LogP contribution < -0.4 is 15.4 Å². The van der Waals surface area contributed by atoms with Crippen molar-refractivity contribution < 1.29 is 14.1 Å². The first-order valence-electron chi connectivity index (χ1n) is 11.9. The Balaban J connectivity index is 1.59. The Bertz CT molecular complexity index is 1280. The smallest absolute Gasteiger partial charge is 0.251 e. The van der Waals surface area contributed by atoms with Crippen LogP contribution in [0.2, 0.25) is 0 Å². The summed E-state index contributed by atoms with van der Waals surface area (Å²) in [4.78, 5) is 13.2. The quantitative estimate of drug-likeness (QED) is 0.401. The Morgan fingerprint density at radius 2 is 1.65 bits per heavy atom. The van der Waals surface area contributed by atoms with E-state index in [-0.39, 0.29) is 5.91 Å². The first-order chi connectivity index (χ1) is 16.3. The molecule has 1 aliphatic rings. The molecular formula is C29H32NO3P. The fourth-order valence-corrected chi connectivity index (χ4v) is 6.21. The van der Waals surface area contributed by atoms with E-state index >= 15 is 0 Å². The van der Waals surface area contributed by atoms with Crippen LogP contribution in [0, 0.1) is 13.8 Å². The average Bonchev–Trinajstić information content (AvgIpc) is 3.07. The number of rotatable bonds is 6. The minimum absolute atomic E-state index is 0.137. The van der Waals surface area contributed by atoms with Gasteiger partial charge >= 0.3 is 0 Å². The van der Waals surface area contributed by atoms with Gasteiger partial charge in [-0.2, -0.15) is 0 Å². The third-order valence-corrected chi connectivity index (χ3v) is 9.86. The normalized spacial score (nSPS) is 13.4. The van der Waals surface area contributed by atoms with E-state index in [1.165, 1.54) is 5.56 Å². The second-order valence-electron chi connectivity index (χ2n) is 8.86. The van der Waals surface area contributed by atoms with E-state index < -0.39 is 7.14 Å². The predicted molar refractivity (Wildman–Crippen MR) is 143 cm³/mol. The molecule has 0 saturated carbocycles. The molecule has 1 N–H and O–H groups in total. The number of fused-ring (bicyclic) bond motifs is 1. The van der Waals surface area contributed by atoms with Crippen LogP contribution in [0.5, 0.6) is 5.75 Å². The zero-order valence-corrected chi connectivity index (χ0v) is 21.2. The van der Waals surface area contributed by atoms with Gasteiger partial charge in [0, 0.05) is 40.9 Å². The number of carbonyl (C=O) groups excluding carboxylic acids is 1. The van der Waals surface area contributed by atoms with Gasteiger partial charge in [-0.15, -0.1) is 0 Å². The van der Waals surface area contributed by atoms with E-state index in [1.54, 1.807) is 0 Å². The van der Waals surface area contributed by atoms with Crippen LogP contribution in [0.4, 0.5) is 5.69 Å². The van der Waals surface area contributed by atoms with Crippen LogP contribution in [0.1, 0.15) is 37.0 Å². The van der Waals surface area contributed by atoms with Gasteiger partial charge in [0.2, 0.25) is 0 Å². The molecule has 3 aromatic carbocycles. The molecule has 5 heteroatoms. The SMILES string of the molecule is CCP(=O)(CC)c1ccc(NC(=O)C2=Cc3cc(-c4ccc(C)cc4)ccc3OCC2)c(C)c1. The summed E-state index contributed by atoms with van der Waals surface area (Å²) in [7, 11) is -2.36. The van der Waals surface area contributed by atoms with Crippen molar-refractivity contribution >= 4 is 30.1 Å². The number of hydrogen-bond acceptors (Lipinski definition) is 3. The number of carbonyl (C=O) groups is 1. The van der Waals surface area contributed by atoms with E-state index in [9.17, 15) is 9.36 Å². The lowest BCUT2D eigenvalue weighted by Crippen LogP contribution is -2.17. The fourth-order valence-electron chi connectivity index (χ4n) is 4.26. The van der Waals surface area contributed by atoms with Crippen LogP contribution in [-0.2, 0) is 9.36 Å². The summed E-state index contributed by atoms with van der Waals surface area (Å²) in [5, 5.41) is 3.94. The zero-order valence-electron chi connectivity index (χ0n) is 20.4. The molecule has 0 atom stereocenters. The van der Waals surface area contributed by atoms with Crippen molar-refractivity contribution in [3.05, 3.63) is 82.9 Å². The molecule has 1 amide bonds. The maximum atomic E-state index is 13.2. The van der Waals surface area contributed by atoms with Gasteiger partial charge in [-0.05, 0) is 66.9 Å². The Labute approximate surface area is 202 Å². The van der Waals surface area contributed by atoms with Crippen LogP contribution in [0.25, 0.3) is 17.2 Å². The number of anilines is 1. The first-order valence-corrected chi connectivity index (χ1v) is 14.0. The lowest BCUT2D eigenvalue weighted by molar-refractivity contribution is -0.113. The van der Waals surface area contributed by atoms with Crippen molar-refractivity contribution in [2.75, 3.05) is 24.2 Å². The highest BCUT2D eigenvalue weighted by Gasteiger charge is 2.21. The van der Waals surface area contributed by atoms with Gasteiger partial charge < -0.3 is 14.6 Å². The van der Waals surface area contributed by atoms with Gasteiger partial charge in [-0.1, -0.05) is 49.7 Å². The highest BCUT2D eigenvalue weighted by Crippen LogP contribution is 2.43. The van der Waals surface area contributed by atoms with E-state index in [0.29, 0.717) is 30.9 Å². The summed E-state index contributed by atoms with van der Waals surface area (Å²) in [6, 6.07) is 20.2. The van der Waals surface area contributed by atoms with Crippen molar-refractivity contribution in [3.63, 3.8) is 0 Å². The minimum Gasteiger partial charge on any atom is -0.493 e. The molecule has 0 spiro atoms. The highest BCUT2D eigenvalue weighted by atomic mass is 31.2. The molecule has 0 unspecified atom stereocenters. The molecule has 0 aliphatic carbocycles. The van der Waals surface area contributed by atoms with Crippen LogP contribution in [-0.4, -0.2) is 24.8 Å². The molecule has 4 nitrogen and oxygen atoms in total. The lowest BCUT2D eigenvalue weighted by Gasteiger charge is -2.17. The fraction of sp³-hybridized carbons (Fsp3) is 0.276. The van der Waals surface area contributed by atoms with Crippen molar-refractivity contribution in [2.24, 2.45) is 0 Å². The van der Waals surface area contributed by atoms with Gasteiger partial charge in [-0.3, -0.25) is 4.79 Å². The third kappa shape index (κ3) is 5.03. The molecule has 0 fully saturated rings. The molecule has 1 aliphatic heterocycles. The molecule has 0 bridgehead atoms. The maximum Gasteiger partial charge on any atom is 0.251 e. The summed E-state index contributed by atoms with van der Waals surface area (Å²) in [5.41, 5.74) is 6.67. The molecule has 4 rings (SSSR count). The standard InChI is InChI=1S/C29H32NO3P/c1-5-34(32,6-2)26-12-13-27(21(4)17-26)30-29(31)24-15-16-33-28-14-11-23(18-25(28)19-24)22-9-7-20(3)8-10-22/h7-14,17-19H,5-6,15-16H2,1-4H3,(H,30,31).